The number of allylic oxidation sites excluding steroid dienone is 2. The van der Waals surface area contributed by atoms with Gasteiger partial charge in [-0.15, -0.1) is 0 Å². The van der Waals surface area contributed by atoms with E-state index in [1.807, 2.05) is 6.07 Å². The molecule has 0 spiro atoms. The maximum Gasteiger partial charge on any atom is 0.122 e. The zero-order valence-corrected chi connectivity index (χ0v) is 11.1. The topological polar surface area (TPSA) is 21.8 Å². The summed E-state index contributed by atoms with van der Waals surface area (Å²) < 4.78 is 11.0. The van der Waals surface area contributed by atoms with E-state index in [9.17, 15) is 0 Å². The third-order valence-electron chi connectivity index (χ3n) is 3.02. The lowest BCUT2D eigenvalue weighted by molar-refractivity contribution is 0.261. The van der Waals surface area contributed by atoms with E-state index in [2.05, 4.69) is 37.3 Å². The summed E-state index contributed by atoms with van der Waals surface area (Å²) in [6.07, 6.45) is 9.35. The van der Waals surface area contributed by atoms with Gasteiger partial charge in [-0.25, -0.2) is 0 Å². The summed E-state index contributed by atoms with van der Waals surface area (Å²) in [5.74, 6) is 1.02. The summed E-state index contributed by atoms with van der Waals surface area (Å²) in [5.41, 5.74) is 1.31. The molecule has 1 unspecified atom stereocenters. The Morgan fingerprint density at radius 1 is 1.33 bits per heavy atom. The number of aryl methyl sites for hydroxylation is 1. The van der Waals surface area contributed by atoms with Gasteiger partial charge in [0.1, 0.15) is 18.5 Å². The van der Waals surface area contributed by atoms with Gasteiger partial charge in [-0.05, 0) is 37.3 Å². The molecule has 2 rings (SSSR count). The van der Waals surface area contributed by atoms with Gasteiger partial charge < -0.3 is 9.47 Å². The van der Waals surface area contributed by atoms with Gasteiger partial charge in [-0.3, -0.25) is 0 Å². The fourth-order valence-corrected chi connectivity index (χ4v) is 1.89. The Labute approximate surface area is 110 Å². The summed E-state index contributed by atoms with van der Waals surface area (Å²) in [5, 5.41) is 0. The number of benzene rings is 1. The van der Waals surface area contributed by atoms with Gasteiger partial charge in [0.05, 0.1) is 6.61 Å². The Morgan fingerprint density at radius 2 is 2.17 bits per heavy atom. The molecular weight excluding hydrogens is 224 g/mol. The molecule has 1 fully saturated rings. The monoisotopic (exact) mass is 246 g/mol. The third-order valence-corrected chi connectivity index (χ3v) is 3.02. The highest BCUT2D eigenvalue weighted by atomic mass is 16.6. The van der Waals surface area contributed by atoms with Crippen LogP contribution in [0.1, 0.15) is 31.7 Å². The molecule has 0 amide bonds. The zero-order valence-electron chi connectivity index (χ0n) is 11.1. The van der Waals surface area contributed by atoms with Crippen LogP contribution in [0.4, 0.5) is 0 Å². The van der Waals surface area contributed by atoms with E-state index in [0.29, 0.717) is 12.7 Å². The normalized spacial score (nSPS) is 18.2. The molecule has 1 aromatic rings. The minimum atomic E-state index is 0.325. The first kappa shape index (κ1) is 13.2. The van der Waals surface area contributed by atoms with Gasteiger partial charge in [0.2, 0.25) is 0 Å². The number of epoxide rings is 1. The molecule has 2 heteroatoms. The molecule has 1 aromatic carbocycles. The van der Waals surface area contributed by atoms with Gasteiger partial charge in [0.15, 0.2) is 0 Å². The van der Waals surface area contributed by atoms with Crippen LogP contribution in [0.25, 0.3) is 0 Å². The summed E-state index contributed by atoms with van der Waals surface area (Å²) in [6.45, 7) is 3.70. The van der Waals surface area contributed by atoms with Crippen LogP contribution in [0, 0.1) is 0 Å². The van der Waals surface area contributed by atoms with Crippen molar-refractivity contribution in [1.29, 1.82) is 0 Å². The molecule has 98 valence electrons. The summed E-state index contributed by atoms with van der Waals surface area (Å²) in [7, 11) is 0. The highest BCUT2D eigenvalue weighted by molar-refractivity contribution is 5.33. The molecule has 1 atom stereocenters. The smallest absolute Gasteiger partial charge is 0.122 e. The Hall–Kier alpha value is -1.28. The number of rotatable bonds is 8. The van der Waals surface area contributed by atoms with Crippen molar-refractivity contribution in [2.24, 2.45) is 0 Å². The van der Waals surface area contributed by atoms with E-state index in [0.717, 1.165) is 31.6 Å². The molecule has 1 aliphatic rings. The van der Waals surface area contributed by atoms with E-state index in [1.165, 1.54) is 12.0 Å². The van der Waals surface area contributed by atoms with Crippen molar-refractivity contribution in [3.05, 3.63) is 42.0 Å². The first-order chi connectivity index (χ1) is 8.90. The van der Waals surface area contributed by atoms with Crippen molar-refractivity contribution in [2.75, 3.05) is 13.2 Å². The molecule has 18 heavy (non-hydrogen) atoms. The molecular formula is C16H22O2. The zero-order chi connectivity index (χ0) is 12.6. The highest BCUT2D eigenvalue weighted by Gasteiger charge is 2.23. The van der Waals surface area contributed by atoms with Crippen molar-refractivity contribution >= 4 is 0 Å². The number of hydrogen-bond acceptors (Lipinski definition) is 2. The van der Waals surface area contributed by atoms with Crippen molar-refractivity contribution < 1.29 is 9.47 Å². The Balaban J connectivity index is 1.79. The van der Waals surface area contributed by atoms with Gasteiger partial charge in [0, 0.05) is 0 Å². The van der Waals surface area contributed by atoms with Crippen molar-refractivity contribution in [1.82, 2.24) is 0 Å². The van der Waals surface area contributed by atoms with Gasteiger partial charge in [-0.1, -0.05) is 37.3 Å². The van der Waals surface area contributed by atoms with Crippen LogP contribution >= 0.6 is 0 Å². The fraction of sp³-hybridized carbons (Fsp3) is 0.500. The second kappa shape index (κ2) is 7.22. The number of ether oxygens (including phenoxy) is 2. The molecule has 0 saturated carbocycles. The second-order valence-electron chi connectivity index (χ2n) is 4.65. The van der Waals surface area contributed by atoms with Crippen LogP contribution < -0.4 is 4.74 Å². The second-order valence-corrected chi connectivity index (χ2v) is 4.65. The first-order valence-electron chi connectivity index (χ1n) is 6.87. The average molecular weight is 246 g/mol. The van der Waals surface area contributed by atoms with E-state index in [1.54, 1.807) is 0 Å². The van der Waals surface area contributed by atoms with Gasteiger partial charge >= 0.3 is 0 Å². The van der Waals surface area contributed by atoms with E-state index < -0.39 is 0 Å². The number of hydrogen-bond donors (Lipinski definition) is 0. The lowest BCUT2D eigenvalue weighted by Crippen LogP contribution is -2.05. The van der Waals surface area contributed by atoms with Crippen LogP contribution in [-0.4, -0.2) is 19.3 Å². The average Bonchev–Trinajstić information content (AvgIpc) is 3.21. The molecule has 2 nitrogen and oxygen atoms in total. The Bertz CT molecular complexity index is 380. The van der Waals surface area contributed by atoms with Crippen LogP contribution in [0.15, 0.2) is 36.4 Å². The predicted octanol–water partition coefficient (Wildman–Crippen LogP) is 3.75. The maximum absolute atomic E-state index is 5.80. The minimum absolute atomic E-state index is 0.325. The SMILES string of the molecule is CC/C=C/CCCc1ccccc1OCC1CO1. The number of unbranched alkanes of at least 4 members (excludes halogenated alkanes) is 1. The maximum atomic E-state index is 5.80. The van der Waals surface area contributed by atoms with E-state index in [4.69, 9.17) is 9.47 Å². The van der Waals surface area contributed by atoms with Crippen LogP contribution in [0.2, 0.25) is 0 Å². The Morgan fingerprint density at radius 3 is 2.94 bits per heavy atom. The summed E-state index contributed by atoms with van der Waals surface area (Å²) >= 11 is 0. The van der Waals surface area contributed by atoms with E-state index in [-0.39, 0.29) is 0 Å². The quantitative estimate of drug-likeness (QED) is 0.396. The largest absolute Gasteiger partial charge is 0.491 e. The molecule has 0 bridgehead atoms. The minimum Gasteiger partial charge on any atom is -0.491 e. The highest BCUT2D eigenvalue weighted by Crippen LogP contribution is 2.22. The molecule has 1 saturated heterocycles. The van der Waals surface area contributed by atoms with Gasteiger partial charge in [-0.2, -0.15) is 0 Å². The van der Waals surface area contributed by atoms with Crippen molar-refractivity contribution in [3.8, 4) is 5.75 Å². The van der Waals surface area contributed by atoms with Crippen LogP contribution in [-0.2, 0) is 11.2 Å². The molecule has 0 aliphatic carbocycles. The molecule has 0 radical (unpaired) electrons. The number of para-hydroxylation sites is 1. The fourth-order valence-electron chi connectivity index (χ4n) is 1.89. The Kier molecular flexibility index (Phi) is 5.28. The lowest BCUT2D eigenvalue weighted by atomic mass is 10.1. The molecule has 0 N–H and O–H groups in total. The van der Waals surface area contributed by atoms with Crippen LogP contribution in [0.5, 0.6) is 5.75 Å². The molecule has 1 heterocycles. The predicted molar refractivity (Wildman–Crippen MR) is 74.0 cm³/mol. The molecule has 1 aliphatic heterocycles. The third kappa shape index (κ3) is 4.53. The van der Waals surface area contributed by atoms with Crippen molar-refractivity contribution in [2.45, 2.75) is 38.7 Å². The summed E-state index contributed by atoms with van der Waals surface area (Å²) in [6, 6.07) is 8.33. The van der Waals surface area contributed by atoms with Gasteiger partial charge in [0.25, 0.3) is 0 Å². The summed E-state index contributed by atoms with van der Waals surface area (Å²) in [4.78, 5) is 0. The standard InChI is InChI=1S/C16H22O2/c1-2-3-4-5-6-9-14-10-7-8-11-16(14)18-13-15-12-17-15/h3-4,7-8,10-11,15H,2,5-6,9,12-13H2,1H3/b4-3+. The van der Waals surface area contributed by atoms with Crippen LogP contribution in [0.3, 0.4) is 0 Å². The lowest BCUT2D eigenvalue weighted by Gasteiger charge is -2.09. The van der Waals surface area contributed by atoms with Crippen molar-refractivity contribution in [3.63, 3.8) is 0 Å². The van der Waals surface area contributed by atoms with E-state index >= 15 is 0 Å². The molecule has 0 aromatic heterocycles. The first-order valence-corrected chi connectivity index (χ1v) is 6.87.